The molecule has 0 fully saturated rings. The van der Waals surface area contributed by atoms with Gasteiger partial charge in [-0.15, -0.1) is 0 Å². The Morgan fingerprint density at radius 2 is 2.05 bits per heavy atom. The molecular weight excluding hydrogens is 272 g/mol. The third-order valence-corrected chi connectivity index (χ3v) is 3.83. The van der Waals surface area contributed by atoms with E-state index < -0.39 is 0 Å². The Labute approximate surface area is 128 Å². The molecule has 114 valence electrons. The second kappa shape index (κ2) is 9.35. The number of rotatable bonds is 9. The van der Waals surface area contributed by atoms with Crippen LogP contribution in [-0.4, -0.2) is 37.2 Å². The van der Waals surface area contributed by atoms with Gasteiger partial charge in [0.05, 0.1) is 6.61 Å². The fourth-order valence-electron chi connectivity index (χ4n) is 2.46. The maximum Gasteiger partial charge on any atom is 0.0593 e. The monoisotopic (exact) mass is 298 g/mol. The number of ether oxygens (including phenoxy) is 1. The van der Waals surface area contributed by atoms with E-state index in [2.05, 4.69) is 24.8 Å². The SMILES string of the molecule is CCOCCN(CC)C(c1cccc(Cl)c1)C(N)CC. The van der Waals surface area contributed by atoms with E-state index in [9.17, 15) is 0 Å². The molecule has 2 atom stereocenters. The summed E-state index contributed by atoms with van der Waals surface area (Å²) in [5.41, 5.74) is 7.54. The van der Waals surface area contributed by atoms with Crippen molar-refractivity contribution in [2.24, 2.45) is 5.73 Å². The first-order valence-electron chi connectivity index (χ1n) is 7.46. The van der Waals surface area contributed by atoms with Gasteiger partial charge in [0.1, 0.15) is 0 Å². The van der Waals surface area contributed by atoms with Gasteiger partial charge in [-0.2, -0.15) is 0 Å². The normalized spacial score (nSPS) is 14.5. The van der Waals surface area contributed by atoms with Crippen molar-refractivity contribution in [3.8, 4) is 0 Å². The third kappa shape index (κ3) is 5.06. The summed E-state index contributed by atoms with van der Waals surface area (Å²) >= 11 is 6.13. The smallest absolute Gasteiger partial charge is 0.0593 e. The molecule has 1 aromatic rings. The number of hydrogen-bond donors (Lipinski definition) is 1. The van der Waals surface area contributed by atoms with E-state index in [0.29, 0.717) is 0 Å². The number of nitrogens with zero attached hydrogens (tertiary/aromatic N) is 1. The Morgan fingerprint density at radius 3 is 2.60 bits per heavy atom. The van der Waals surface area contributed by atoms with Crippen LogP contribution in [-0.2, 0) is 4.74 Å². The van der Waals surface area contributed by atoms with E-state index in [4.69, 9.17) is 22.1 Å². The molecule has 0 saturated carbocycles. The molecule has 1 rings (SSSR count). The van der Waals surface area contributed by atoms with Gasteiger partial charge in [0.25, 0.3) is 0 Å². The molecule has 0 aliphatic carbocycles. The van der Waals surface area contributed by atoms with Gasteiger partial charge in [-0.3, -0.25) is 4.90 Å². The zero-order valence-electron chi connectivity index (χ0n) is 12.8. The van der Waals surface area contributed by atoms with Crippen molar-refractivity contribution >= 4 is 11.6 Å². The molecule has 20 heavy (non-hydrogen) atoms. The van der Waals surface area contributed by atoms with Crippen molar-refractivity contribution in [2.75, 3.05) is 26.3 Å². The predicted octanol–water partition coefficient (Wildman–Crippen LogP) is 3.48. The van der Waals surface area contributed by atoms with Crippen LogP contribution < -0.4 is 5.73 Å². The molecule has 0 heterocycles. The summed E-state index contributed by atoms with van der Waals surface area (Å²) in [5.74, 6) is 0. The Hall–Kier alpha value is -0.610. The molecule has 0 aromatic heterocycles. The van der Waals surface area contributed by atoms with Crippen LogP contribution in [0.25, 0.3) is 0 Å². The standard InChI is InChI=1S/C16H27ClN2O/c1-4-15(18)16(13-8-7-9-14(17)12-13)19(5-2)10-11-20-6-3/h7-9,12,15-16H,4-6,10-11,18H2,1-3H3. The topological polar surface area (TPSA) is 38.5 Å². The van der Waals surface area contributed by atoms with Crippen LogP contribution in [0, 0.1) is 0 Å². The molecule has 0 amide bonds. The van der Waals surface area contributed by atoms with Gasteiger partial charge >= 0.3 is 0 Å². The van der Waals surface area contributed by atoms with Crippen LogP contribution in [0.4, 0.5) is 0 Å². The zero-order chi connectivity index (χ0) is 15.0. The van der Waals surface area contributed by atoms with Crippen molar-refractivity contribution in [1.82, 2.24) is 4.90 Å². The van der Waals surface area contributed by atoms with Gasteiger partial charge in [-0.25, -0.2) is 0 Å². The molecular formula is C16H27ClN2O. The molecule has 0 bridgehead atoms. The highest BCUT2D eigenvalue weighted by Crippen LogP contribution is 2.26. The molecule has 0 spiro atoms. The molecule has 0 radical (unpaired) electrons. The number of benzene rings is 1. The van der Waals surface area contributed by atoms with E-state index in [1.54, 1.807) is 0 Å². The van der Waals surface area contributed by atoms with Crippen LogP contribution in [0.15, 0.2) is 24.3 Å². The van der Waals surface area contributed by atoms with E-state index >= 15 is 0 Å². The quantitative estimate of drug-likeness (QED) is 0.709. The van der Waals surface area contributed by atoms with Crippen LogP contribution in [0.3, 0.4) is 0 Å². The van der Waals surface area contributed by atoms with Crippen molar-refractivity contribution in [1.29, 1.82) is 0 Å². The van der Waals surface area contributed by atoms with Crippen molar-refractivity contribution in [3.05, 3.63) is 34.9 Å². The second-order valence-corrected chi connectivity index (χ2v) is 5.33. The van der Waals surface area contributed by atoms with Crippen LogP contribution in [0.5, 0.6) is 0 Å². The van der Waals surface area contributed by atoms with Gasteiger partial charge < -0.3 is 10.5 Å². The van der Waals surface area contributed by atoms with Gasteiger partial charge in [-0.05, 0) is 37.6 Å². The fraction of sp³-hybridized carbons (Fsp3) is 0.625. The molecule has 0 saturated heterocycles. The maximum absolute atomic E-state index is 6.35. The third-order valence-electron chi connectivity index (χ3n) is 3.59. The average molecular weight is 299 g/mol. The summed E-state index contributed by atoms with van der Waals surface area (Å²) in [5, 5.41) is 0.761. The van der Waals surface area contributed by atoms with Crippen LogP contribution in [0.2, 0.25) is 5.02 Å². The highest BCUT2D eigenvalue weighted by molar-refractivity contribution is 6.30. The van der Waals surface area contributed by atoms with E-state index in [-0.39, 0.29) is 12.1 Å². The minimum atomic E-state index is 0.0926. The van der Waals surface area contributed by atoms with Crippen molar-refractivity contribution < 1.29 is 4.74 Å². The summed E-state index contributed by atoms with van der Waals surface area (Å²) in [6, 6.07) is 8.29. The summed E-state index contributed by atoms with van der Waals surface area (Å²) in [6.07, 6.45) is 0.933. The Morgan fingerprint density at radius 1 is 1.30 bits per heavy atom. The molecule has 1 aromatic carbocycles. The lowest BCUT2D eigenvalue weighted by molar-refractivity contribution is 0.0888. The fourth-order valence-corrected chi connectivity index (χ4v) is 2.66. The Bertz CT molecular complexity index is 386. The summed E-state index contributed by atoms with van der Waals surface area (Å²) in [4.78, 5) is 2.37. The average Bonchev–Trinajstić information content (AvgIpc) is 2.46. The van der Waals surface area contributed by atoms with Gasteiger partial charge in [0, 0.05) is 30.3 Å². The van der Waals surface area contributed by atoms with Gasteiger partial charge in [0.2, 0.25) is 0 Å². The second-order valence-electron chi connectivity index (χ2n) is 4.90. The first-order chi connectivity index (χ1) is 9.63. The first-order valence-corrected chi connectivity index (χ1v) is 7.84. The number of likely N-dealkylation sites (N-methyl/N-ethyl adjacent to an activating group) is 1. The summed E-state index contributed by atoms with van der Waals surface area (Å²) in [7, 11) is 0. The first kappa shape index (κ1) is 17.4. The molecule has 0 aliphatic heterocycles. The largest absolute Gasteiger partial charge is 0.380 e. The minimum absolute atomic E-state index is 0.0926. The molecule has 4 heteroatoms. The summed E-state index contributed by atoms with van der Waals surface area (Å²) in [6.45, 7) is 9.61. The number of halogens is 1. The lowest BCUT2D eigenvalue weighted by atomic mass is 9.96. The lowest BCUT2D eigenvalue weighted by Crippen LogP contribution is -2.42. The van der Waals surface area contributed by atoms with Gasteiger partial charge in [0.15, 0.2) is 0 Å². The van der Waals surface area contributed by atoms with E-state index in [0.717, 1.165) is 37.7 Å². The van der Waals surface area contributed by atoms with Crippen LogP contribution in [0.1, 0.15) is 38.8 Å². The van der Waals surface area contributed by atoms with Crippen LogP contribution >= 0.6 is 11.6 Å². The zero-order valence-corrected chi connectivity index (χ0v) is 13.6. The summed E-state index contributed by atoms with van der Waals surface area (Å²) < 4.78 is 5.48. The van der Waals surface area contributed by atoms with E-state index in [1.807, 2.05) is 25.1 Å². The number of hydrogen-bond acceptors (Lipinski definition) is 3. The number of nitrogens with two attached hydrogens (primary N) is 1. The molecule has 3 nitrogen and oxygen atoms in total. The Kier molecular flexibility index (Phi) is 8.15. The van der Waals surface area contributed by atoms with E-state index in [1.165, 1.54) is 5.56 Å². The van der Waals surface area contributed by atoms with Crippen molar-refractivity contribution in [2.45, 2.75) is 39.3 Å². The lowest BCUT2D eigenvalue weighted by Gasteiger charge is -2.35. The Balaban J connectivity index is 2.91. The predicted molar refractivity (Wildman–Crippen MR) is 86.2 cm³/mol. The molecule has 2 N–H and O–H groups in total. The minimum Gasteiger partial charge on any atom is -0.380 e. The highest BCUT2D eigenvalue weighted by Gasteiger charge is 2.24. The molecule has 2 unspecified atom stereocenters. The molecule has 0 aliphatic rings. The highest BCUT2D eigenvalue weighted by atomic mass is 35.5. The van der Waals surface area contributed by atoms with Gasteiger partial charge in [-0.1, -0.05) is 37.6 Å². The van der Waals surface area contributed by atoms with Crippen molar-refractivity contribution in [3.63, 3.8) is 0 Å². The maximum atomic E-state index is 6.35.